The van der Waals surface area contributed by atoms with E-state index in [1.807, 2.05) is 24.3 Å². The van der Waals surface area contributed by atoms with Gasteiger partial charge in [0.25, 0.3) is 5.91 Å². The van der Waals surface area contributed by atoms with Crippen LogP contribution in [0.5, 0.6) is 0 Å². The van der Waals surface area contributed by atoms with Crippen LogP contribution in [-0.4, -0.2) is 11.8 Å². The smallest absolute Gasteiger partial charge is 0.255 e. The van der Waals surface area contributed by atoms with E-state index >= 15 is 0 Å². The number of carbonyl (C=O) groups excluding carboxylic acids is 2. The van der Waals surface area contributed by atoms with Crippen LogP contribution < -0.4 is 11.1 Å². The molecule has 0 fully saturated rings. The fourth-order valence-corrected chi connectivity index (χ4v) is 1.88. The normalized spacial score (nSPS) is 9.95. The highest BCUT2D eigenvalue weighted by Crippen LogP contribution is 2.13. The molecule has 0 aliphatic heterocycles. The van der Waals surface area contributed by atoms with Crippen molar-refractivity contribution in [2.24, 2.45) is 5.73 Å². The Bertz CT molecular complexity index is 606. The molecule has 2 rings (SSSR count). The first-order valence-electron chi connectivity index (χ1n) is 5.53. The van der Waals surface area contributed by atoms with Gasteiger partial charge >= 0.3 is 0 Å². The standard InChI is InChI=1S/C14H11IN2O2/c15-11-5-7-12(8-6-11)17-14(19)10-3-1-9(2-4-10)13(16)18/h1-8H,(H2,16,18)(H,17,19). The van der Waals surface area contributed by atoms with Crippen molar-refractivity contribution in [2.75, 3.05) is 5.32 Å². The lowest BCUT2D eigenvalue weighted by Gasteiger charge is -2.05. The van der Waals surface area contributed by atoms with Gasteiger partial charge in [-0.25, -0.2) is 0 Å². The van der Waals surface area contributed by atoms with Gasteiger partial charge in [0.1, 0.15) is 0 Å². The molecule has 0 saturated carbocycles. The Morgan fingerprint density at radius 2 is 1.42 bits per heavy atom. The van der Waals surface area contributed by atoms with Crippen LogP contribution in [0.25, 0.3) is 0 Å². The van der Waals surface area contributed by atoms with Crippen LogP contribution in [0.1, 0.15) is 20.7 Å². The van der Waals surface area contributed by atoms with Gasteiger partial charge in [0.05, 0.1) is 0 Å². The predicted octanol–water partition coefficient (Wildman–Crippen LogP) is 2.64. The van der Waals surface area contributed by atoms with E-state index in [4.69, 9.17) is 5.73 Å². The molecule has 5 heteroatoms. The highest BCUT2D eigenvalue weighted by molar-refractivity contribution is 14.1. The lowest BCUT2D eigenvalue weighted by molar-refractivity contribution is 0.0995. The molecule has 3 N–H and O–H groups in total. The molecule has 4 nitrogen and oxygen atoms in total. The maximum atomic E-state index is 12.0. The summed E-state index contributed by atoms with van der Waals surface area (Å²) in [4.78, 5) is 22.9. The maximum Gasteiger partial charge on any atom is 0.255 e. The summed E-state index contributed by atoms with van der Waals surface area (Å²) in [6, 6.07) is 13.7. The van der Waals surface area contributed by atoms with Gasteiger partial charge in [0.2, 0.25) is 5.91 Å². The molecule has 0 aliphatic carbocycles. The number of primary amides is 1. The summed E-state index contributed by atoms with van der Waals surface area (Å²) in [5.41, 5.74) is 6.72. The minimum absolute atomic E-state index is 0.225. The maximum absolute atomic E-state index is 12.0. The van der Waals surface area contributed by atoms with Crippen molar-refractivity contribution in [3.8, 4) is 0 Å². The highest BCUT2D eigenvalue weighted by Gasteiger charge is 2.07. The number of benzene rings is 2. The summed E-state index contributed by atoms with van der Waals surface area (Å²) in [5, 5.41) is 2.78. The Morgan fingerprint density at radius 1 is 0.895 bits per heavy atom. The molecule has 2 amide bonds. The van der Waals surface area contributed by atoms with Crippen LogP contribution in [0.15, 0.2) is 48.5 Å². The van der Waals surface area contributed by atoms with E-state index in [1.165, 1.54) is 12.1 Å². The number of carbonyl (C=O) groups is 2. The third kappa shape index (κ3) is 3.54. The van der Waals surface area contributed by atoms with Gasteiger partial charge in [0.15, 0.2) is 0 Å². The topological polar surface area (TPSA) is 72.2 Å². The molecule has 0 saturated heterocycles. The molecular formula is C14H11IN2O2. The van der Waals surface area contributed by atoms with Gasteiger partial charge in [-0.1, -0.05) is 0 Å². The van der Waals surface area contributed by atoms with E-state index < -0.39 is 5.91 Å². The molecule has 0 bridgehead atoms. The third-order valence-corrected chi connectivity index (χ3v) is 3.25. The van der Waals surface area contributed by atoms with Gasteiger partial charge in [-0.15, -0.1) is 0 Å². The number of halogens is 1. The molecule has 2 aromatic carbocycles. The van der Waals surface area contributed by atoms with Crippen molar-refractivity contribution < 1.29 is 9.59 Å². The van der Waals surface area contributed by atoms with Crippen LogP contribution in [0.2, 0.25) is 0 Å². The molecule has 0 spiro atoms. The lowest BCUT2D eigenvalue weighted by atomic mass is 10.1. The van der Waals surface area contributed by atoms with Crippen LogP contribution >= 0.6 is 22.6 Å². The van der Waals surface area contributed by atoms with E-state index in [0.717, 1.165) is 9.26 Å². The molecule has 96 valence electrons. The molecule has 0 radical (unpaired) electrons. The third-order valence-electron chi connectivity index (χ3n) is 2.53. The molecule has 0 unspecified atom stereocenters. The van der Waals surface area contributed by atoms with Gasteiger partial charge in [-0.3, -0.25) is 9.59 Å². The Balaban J connectivity index is 2.11. The first-order valence-corrected chi connectivity index (χ1v) is 6.61. The molecular weight excluding hydrogens is 355 g/mol. The van der Waals surface area contributed by atoms with Crippen LogP contribution in [-0.2, 0) is 0 Å². The second-order valence-electron chi connectivity index (χ2n) is 3.90. The molecule has 0 heterocycles. The fraction of sp³-hybridized carbons (Fsp3) is 0. The zero-order valence-corrected chi connectivity index (χ0v) is 12.0. The number of hydrogen-bond acceptors (Lipinski definition) is 2. The van der Waals surface area contributed by atoms with Crippen molar-refractivity contribution in [1.82, 2.24) is 0 Å². The number of nitrogens with two attached hydrogens (primary N) is 1. The second-order valence-corrected chi connectivity index (χ2v) is 5.15. The van der Waals surface area contributed by atoms with Crippen molar-refractivity contribution in [3.63, 3.8) is 0 Å². The quantitative estimate of drug-likeness (QED) is 0.820. The zero-order chi connectivity index (χ0) is 13.8. The number of anilines is 1. The molecule has 2 aromatic rings. The predicted molar refractivity (Wildman–Crippen MR) is 82.1 cm³/mol. The summed E-state index contributed by atoms with van der Waals surface area (Å²) >= 11 is 2.19. The Kier molecular flexibility index (Phi) is 4.16. The van der Waals surface area contributed by atoms with E-state index in [9.17, 15) is 9.59 Å². The number of rotatable bonds is 3. The minimum atomic E-state index is -0.510. The average molecular weight is 366 g/mol. The minimum Gasteiger partial charge on any atom is -0.366 e. The molecule has 0 aliphatic rings. The largest absolute Gasteiger partial charge is 0.366 e. The molecule has 0 aromatic heterocycles. The van der Waals surface area contributed by atoms with Gasteiger partial charge in [0, 0.05) is 20.4 Å². The van der Waals surface area contributed by atoms with Crippen molar-refractivity contribution in [3.05, 3.63) is 63.2 Å². The monoisotopic (exact) mass is 366 g/mol. The summed E-state index contributed by atoms with van der Waals surface area (Å²) in [5.74, 6) is -0.734. The number of amides is 2. The summed E-state index contributed by atoms with van der Waals surface area (Å²) < 4.78 is 1.10. The fourth-order valence-electron chi connectivity index (χ4n) is 1.52. The molecule has 19 heavy (non-hydrogen) atoms. The summed E-state index contributed by atoms with van der Waals surface area (Å²) in [6.07, 6.45) is 0. The van der Waals surface area contributed by atoms with Crippen molar-refractivity contribution in [2.45, 2.75) is 0 Å². The van der Waals surface area contributed by atoms with Gasteiger partial charge in [-0.2, -0.15) is 0 Å². The Morgan fingerprint density at radius 3 is 1.95 bits per heavy atom. The SMILES string of the molecule is NC(=O)c1ccc(C(=O)Nc2ccc(I)cc2)cc1. The first kappa shape index (κ1) is 13.5. The van der Waals surface area contributed by atoms with Gasteiger partial charge in [-0.05, 0) is 71.1 Å². The van der Waals surface area contributed by atoms with Gasteiger partial charge < -0.3 is 11.1 Å². The first-order chi connectivity index (χ1) is 9.06. The van der Waals surface area contributed by atoms with E-state index in [2.05, 4.69) is 27.9 Å². The number of hydrogen-bond donors (Lipinski definition) is 2. The van der Waals surface area contributed by atoms with E-state index in [0.29, 0.717) is 11.1 Å². The second kappa shape index (κ2) is 5.83. The summed E-state index contributed by atoms with van der Waals surface area (Å²) in [7, 11) is 0. The average Bonchev–Trinajstić information content (AvgIpc) is 2.41. The highest BCUT2D eigenvalue weighted by atomic mass is 127. The van der Waals surface area contributed by atoms with Crippen molar-refractivity contribution in [1.29, 1.82) is 0 Å². The van der Waals surface area contributed by atoms with E-state index in [-0.39, 0.29) is 5.91 Å². The van der Waals surface area contributed by atoms with Crippen molar-refractivity contribution >= 4 is 40.1 Å². The van der Waals surface area contributed by atoms with Crippen LogP contribution in [0.4, 0.5) is 5.69 Å². The molecule has 0 atom stereocenters. The van der Waals surface area contributed by atoms with Crippen LogP contribution in [0.3, 0.4) is 0 Å². The Labute approximate surface area is 124 Å². The zero-order valence-electron chi connectivity index (χ0n) is 9.89. The summed E-state index contributed by atoms with van der Waals surface area (Å²) in [6.45, 7) is 0. The number of nitrogens with one attached hydrogen (secondary N) is 1. The lowest BCUT2D eigenvalue weighted by Crippen LogP contribution is -2.14. The Hall–Kier alpha value is -1.89. The van der Waals surface area contributed by atoms with Crippen LogP contribution in [0, 0.1) is 3.57 Å². The van der Waals surface area contributed by atoms with E-state index in [1.54, 1.807) is 12.1 Å².